The Morgan fingerprint density at radius 1 is 0.688 bits per heavy atom. The maximum Gasteiger partial charge on any atom is 0.313 e. The van der Waals surface area contributed by atoms with Crippen LogP contribution in [0.3, 0.4) is 0 Å². The van der Waals surface area contributed by atoms with Crippen molar-refractivity contribution < 1.29 is 19.0 Å². The van der Waals surface area contributed by atoms with E-state index >= 15 is 0 Å². The van der Waals surface area contributed by atoms with Gasteiger partial charge >= 0.3 is 5.91 Å². The molecule has 6 nitrogen and oxygen atoms in total. The number of ketones is 1. The molecule has 0 amide bonds. The molecule has 240 valence electrons. The van der Waals surface area contributed by atoms with Crippen LogP contribution in [-0.4, -0.2) is 23.1 Å². The van der Waals surface area contributed by atoms with Crippen LogP contribution in [-0.2, 0) is 13.2 Å². The van der Waals surface area contributed by atoms with Crippen molar-refractivity contribution in [2.45, 2.75) is 26.0 Å². The number of thiophene rings is 2. The van der Waals surface area contributed by atoms with E-state index in [1.807, 2.05) is 120 Å². The summed E-state index contributed by atoms with van der Waals surface area (Å²) in [5.41, 5.74) is 9.33. The van der Waals surface area contributed by atoms with Gasteiger partial charge in [-0.1, -0.05) is 84.9 Å². The minimum Gasteiger partial charge on any atom is -0.487 e. The summed E-state index contributed by atoms with van der Waals surface area (Å²) >= 11 is 3.21. The molecule has 5 aromatic carbocycles. The number of carbonyl (C=O) groups is 1. The molecule has 0 atom stereocenters. The molecule has 48 heavy (non-hydrogen) atoms. The third-order valence-electron chi connectivity index (χ3n) is 8.18. The Labute approximate surface area is 287 Å². The van der Waals surface area contributed by atoms with Crippen LogP contribution < -0.4 is 19.9 Å². The van der Waals surface area contributed by atoms with Crippen molar-refractivity contribution in [3.63, 3.8) is 0 Å². The second-order valence-corrected chi connectivity index (χ2v) is 13.4. The normalized spacial score (nSPS) is 11.6. The van der Waals surface area contributed by atoms with Crippen LogP contribution in [0.5, 0.6) is 17.2 Å². The van der Waals surface area contributed by atoms with Crippen LogP contribution in [0.15, 0.2) is 138 Å². The average molecular weight is 671 g/mol. The molecule has 0 bridgehead atoms. The minimum absolute atomic E-state index is 0.000801. The molecule has 0 saturated heterocycles. The Morgan fingerprint density at radius 3 is 1.81 bits per heavy atom. The van der Waals surface area contributed by atoms with Crippen LogP contribution in [0.4, 0.5) is 5.69 Å². The Hall–Kier alpha value is -5.15. The van der Waals surface area contributed by atoms with Crippen molar-refractivity contribution in [2.24, 2.45) is 0 Å². The lowest BCUT2D eigenvalue weighted by molar-refractivity contribution is -0.209. The fourth-order valence-electron chi connectivity index (χ4n) is 5.62. The Kier molecular flexibility index (Phi) is 9.12. The van der Waals surface area contributed by atoms with E-state index in [9.17, 15) is 4.79 Å². The number of benzene rings is 5. The van der Waals surface area contributed by atoms with E-state index in [0.717, 1.165) is 31.3 Å². The number of nitrogens with zero attached hydrogens (tertiary/aromatic N) is 1. The molecule has 0 aliphatic rings. The smallest absolute Gasteiger partial charge is 0.313 e. The van der Waals surface area contributed by atoms with Gasteiger partial charge in [-0.25, -0.2) is 4.90 Å². The summed E-state index contributed by atoms with van der Waals surface area (Å²) in [5, 5.41) is 5.96. The van der Waals surface area contributed by atoms with Crippen molar-refractivity contribution >= 4 is 54.3 Å². The number of fused-ring (bicyclic) bond motifs is 2. The predicted octanol–water partition coefficient (Wildman–Crippen LogP) is 9.79. The van der Waals surface area contributed by atoms with Gasteiger partial charge in [0.05, 0.1) is 12.2 Å². The number of rotatable bonds is 13. The van der Waals surface area contributed by atoms with E-state index < -0.39 is 5.91 Å². The maximum absolute atomic E-state index is 14.1. The molecule has 0 saturated carbocycles. The van der Waals surface area contributed by atoms with Crippen molar-refractivity contribution in [1.29, 1.82) is 0 Å². The van der Waals surface area contributed by atoms with Crippen LogP contribution in [0.2, 0.25) is 0 Å². The lowest BCUT2D eigenvalue weighted by Crippen LogP contribution is -2.56. The number of hydrogen-bond donors (Lipinski definition) is 1. The zero-order valence-corrected chi connectivity index (χ0v) is 28.0. The molecule has 8 heteroatoms. The van der Waals surface area contributed by atoms with E-state index in [2.05, 4.69) is 12.1 Å². The lowest BCUT2D eigenvalue weighted by Gasteiger charge is -2.40. The monoisotopic (exact) mass is 670 g/mol. The Bertz CT molecular complexity index is 2080. The number of nitrogen functional groups attached to an aromatic ring is 1. The van der Waals surface area contributed by atoms with Gasteiger partial charge in [-0.05, 0) is 53.6 Å². The molecular weight excluding hydrogens is 637 g/mol. The van der Waals surface area contributed by atoms with Gasteiger partial charge in [0.25, 0.3) is 0 Å². The maximum atomic E-state index is 14.1. The van der Waals surface area contributed by atoms with Gasteiger partial charge in [0.15, 0.2) is 5.78 Å². The molecule has 2 heterocycles. The highest BCUT2D eigenvalue weighted by atomic mass is 32.1. The molecule has 7 rings (SSSR count). The molecule has 0 radical (unpaired) electrons. The molecule has 2 N–H and O–H groups in total. The van der Waals surface area contributed by atoms with Crippen molar-refractivity contribution in [3.8, 4) is 17.2 Å². The summed E-state index contributed by atoms with van der Waals surface area (Å²) in [4.78, 5) is 16.1. The van der Waals surface area contributed by atoms with E-state index in [-0.39, 0.29) is 12.3 Å². The van der Waals surface area contributed by atoms with Gasteiger partial charge in [0, 0.05) is 50.0 Å². The number of nitrogens with two attached hydrogens (primary N) is 1. The van der Waals surface area contributed by atoms with E-state index in [4.69, 9.17) is 19.9 Å². The molecule has 7 aromatic rings. The second kappa shape index (κ2) is 13.9. The van der Waals surface area contributed by atoms with Crippen molar-refractivity contribution in [3.05, 3.63) is 155 Å². The predicted molar refractivity (Wildman–Crippen MR) is 196 cm³/mol. The SMILES string of the molecule is CC(Oc1csc2ccccc12)(Oc1csc2ccccc12)N(CC(=O)c1ccc(OCc2ccccc2)c(N)c1)Cc1ccccc1. The van der Waals surface area contributed by atoms with Gasteiger partial charge in [-0.2, -0.15) is 0 Å². The summed E-state index contributed by atoms with van der Waals surface area (Å²) < 4.78 is 22.0. The third kappa shape index (κ3) is 6.92. The molecule has 0 aliphatic heterocycles. The number of ether oxygens (including phenoxy) is 3. The molecule has 0 aliphatic carbocycles. The van der Waals surface area contributed by atoms with Crippen LogP contribution in [0.1, 0.15) is 28.4 Å². The summed E-state index contributed by atoms with van der Waals surface area (Å²) in [6.45, 7) is 2.65. The first-order valence-corrected chi connectivity index (χ1v) is 17.4. The summed E-state index contributed by atoms with van der Waals surface area (Å²) in [7, 11) is 0. The first-order chi connectivity index (χ1) is 23.4. The quantitative estimate of drug-likeness (QED) is 0.0748. The summed E-state index contributed by atoms with van der Waals surface area (Å²) in [6.07, 6.45) is 0. The standard InChI is InChI=1S/C40H34N2O4S2/c1-40(45-36-26-47-38-18-10-8-16-31(36)38,46-37-27-48-39-19-11-9-17-32(37)39)42(23-28-12-4-2-5-13-28)24-34(43)30-20-21-35(33(41)22-30)44-25-29-14-6-3-7-15-29/h2-22,26-27H,23-25,41H2,1H3. The third-order valence-corrected chi connectivity index (χ3v) is 10.1. The van der Waals surface area contributed by atoms with Gasteiger partial charge in [0.2, 0.25) is 0 Å². The van der Waals surface area contributed by atoms with Crippen molar-refractivity contribution in [2.75, 3.05) is 12.3 Å². The molecule has 0 fully saturated rings. The minimum atomic E-state index is -1.39. The molecule has 0 unspecified atom stereocenters. The molecular formula is C40H34N2O4S2. The average Bonchev–Trinajstić information content (AvgIpc) is 3.72. The zero-order chi connectivity index (χ0) is 32.9. The number of hydrogen-bond acceptors (Lipinski definition) is 8. The first-order valence-electron chi connectivity index (χ1n) is 15.6. The largest absolute Gasteiger partial charge is 0.487 e. The van der Waals surface area contributed by atoms with E-state index in [1.54, 1.807) is 40.9 Å². The van der Waals surface area contributed by atoms with Gasteiger partial charge in [0.1, 0.15) is 23.9 Å². The highest BCUT2D eigenvalue weighted by Gasteiger charge is 2.40. The van der Waals surface area contributed by atoms with Gasteiger partial charge in [-0.3, -0.25) is 4.79 Å². The van der Waals surface area contributed by atoms with E-state index in [1.165, 1.54) is 0 Å². The van der Waals surface area contributed by atoms with Crippen molar-refractivity contribution in [1.82, 2.24) is 4.90 Å². The lowest BCUT2D eigenvalue weighted by atomic mass is 10.1. The second-order valence-electron chi connectivity index (χ2n) is 11.6. The number of carbonyl (C=O) groups excluding carboxylic acids is 1. The fourth-order valence-corrected chi connectivity index (χ4v) is 7.35. The number of Topliss-reactive ketones (excluding diaryl/α,β-unsaturated/α-hetero) is 1. The van der Waals surface area contributed by atoms with Crippen LogP contribution >= 0.6 is 22.7 Å². The highest BCUT2D eigenvalue weighted by molar-refractivity contribution is 7.17. The zero-order valence-electron chi connectivity index (χ0n) is 26.4. The topological polar surface area (TPSA) is 74.0 Å². The van der Waals surface area contributed by atoms with Gasteiger partial charge in [-0.15, -0.1) is 22.7 Å². The van der Waals surface area contributed by atoms with Crippen LogP contribution in [0, 0.1) is 0 Å². The number of anilines is 1. The fraction of sp³-hybridized carbons (Fsp3) is 0.125. The van der Waals surface area contributed by atoms with E-state index in [0.29, 0.717) is 41.7 Å². The Balaban J connectivity index is 1.23. The summed E-state index contributed by atoms with van der Waals surface area (Å²) in [6, 6.07) is 41.4. The first kappa shape index (κ1) is 31.4. The molecule has 2 aromatic heterocycles. The highest BCUT2D eigenvalue weighted by Crippen LogP contribution is 2.39. The van der Waals surface area contributed by atoms with Gasteiger partial charge < -0.3 is 19.9 Å². The summed E-state index contributed by atoms with van der Waals surface area (Å²) in [5.74, 6) is 0.390. The molecule has 0 spiro atoms. The van der Waals surface area contributed by atoms with Crippen LogP contribution in [0.25, 0.3) is 20.2 Å². The Morgan fingerprint density at radius 2 is 1.23 bits per heavy atom.